The normalized spacial score (nSPS) is 15.5. The molecule has 0 radical (unpaired) electrons. The number of rotatable bonds is 5. The quantitative estimate of drug-likeness (QED) is 0.474. The van der Waals surface area contributed by atoms with Gasteiger partial charge in [0.1, 0.15) is 11.9 Å². The Bertz CT molecular complexity index is 1310. The van der Waals surface area contributed by atoms with Crippen molar-refractivity contribution in [1.29, 1.82) is 0 Å². The zero-order valence-corrected chi connectivity index (χ0v) is 19.2. The van der Waals surface area contributed by atoms with Gasteiger partial charge in [-0.25, -0.2) is 8.42 Å². The molecule has 0 unspecified atom stereocenters. The Kier molecular flexibility index (Phi) is 6.20. The number of carbonyl (C=O) groups excluding carboxylic acids is 1. The van der Waals surface area contributed by atoms with Crippen molar-refractivity contribution < 1.29 is 23.1 Å². The second kappa shape index (κ2) is 8.93. The first-order valence-electron chi connectivity index (χ1n) is 10.1. The number of halogens is 1. The van der Waals surface area contributed by atoms with Gasteiger partial charge < -0.3 is 20.9 Å². The Morgan fingerprint density at radius 3 is 2.67 bits per heavy atom. The number of anilines is 3. The number of nitrogens with two attached hydrogens (primary N) is 1. The molecule has 0 spiro atoms. The van der Waals surface area contributed by atoms with Crippen molar-refractivity contribution in [2.24, 2.45) is 0 Å². The first-order valence-corrected chi connectivity index (χ1v) is 11.9. The molecule has 0 bridgehead atoms. The Hall–Kier alpha value is -3.27. The molecule has 10 heteroatoms. The molecule has 33 heavy (non-hydrogen) atoms. The van der Waals surface area contributed by atoms with E-state index in [0.29, 0.717) is 27.5 Å². The summed E-state index contributed by atoms with van der Waals surface area (Å²) in [5, 5.41) is 12.7. The Morgan fingerprint density at radius 1 is 1.21 bits per heavy atom. The van der Waals surface area contributed by atoms with Crippen LogP contribution in [-0.2, 0) is 10.0 Å². The zero-order chi connectivity index (χ0) is 23.8. The van der Waals surface area contributed by atoms with Gasteiger partial charge >= 0.3 is 0 Å². The minimum atomic E-state index is -4.02. The summed E-state index contributed by atoms with van der Waals surface area (Å²) < 4.78 is 33.8. The lowest BCUT2D eigenvalue weighted by Crippen LogP contribution is -2.45. The van der Waals surface area contributed by atoms with Crippen LogP contribution in [0.15, 0.2) is 65.6 Å². The van der Waals surface area contributed by atoms with E-state index in [1.165, 1.54) is 18.2 Å². The van der Waals surface area contributed by atoms with E-state index in [1.54, 1.807) is 49.4 Å². The lowest BCUT2D eigenvalue weighted by atomic mass is 10.1. The number of hydrogen-bond acceptors (Lipinski definition) is 6. The molecule has 0 saturated carbocycles. The third kappa shape index (κ3) is 4.47. The molecular formula is C23H22ClN3O5S. The number of amides is 1. The van der Waals surface area contributed by atoms with E-state index in [0.717, 1.165) is 4.31 Å². The largest absolute Gasteiger partial charge is 0.484 e. The number of aliphatic hydroxyl groups excluding tert-OH is 1. The van der Waals surface area contributed by atoms with Crippen molar-refractivity contribution in [2.75, 3.05) is 28.5 Å². The number of benzene rings is 3. The maximum atomic E-state index is 13.4. The number of hydrogen-bond donors (Lipinski definition) is 3. The molecule has 0 fully saturated rings. The minimum Gasteiger partial charge on any atom is -0.484 e. The third-order valence-electron chi connectivity index (χ3n) is 5.25. The summed E-state index contributed by atoms with van der Waals surface area (Å²) in [6.45, 7) is 1.30. The molecule has 4 rings (SSSR count). The van der Waals surface area contributed by atoms with Gasteiger partial charge in [0, 0.05) is 11.4 Å². The van der Waals surface area contributed by atoms with Crippen LogP contribution in [0.25, 0.3) is 0 Å². The van der Waals surface area contributed by atoms with Crippen molar-refractivity contribution in [3.05, 3.63) is 76.8 Å². The summed E-state index contributed by atoms with van der Waals surface area (Å²) in [4.78, 5) is 12.9. The molecule has 8 nitrogen and oxygen atoms in total. The average molecular weight is 488 g/mol. The second-order valence-electron chi connectivity index (χ2n) is 7.60. The van der Waals surface area contributed by atoms with E-state index in [4.69, 9.17) is 22.1 Å². The zero-order valence-electron chi connectivity index (χ0n) is 17.7. The minimum absolute atomic E-state index is 0.00757. The molecule has 172 valence electrons. The van der Waals surface area contributed by atoms with Crippen molar-refractivity contribution in [1.82, 2.24) is 0 Å². The number of nitrogen functional groups attached to an aromatic ring is 1. The predicted molar refractivity (Wildman–Crippen MR) is 127 cm³/mol. The fraction of sp³-hybridized carbons (Fsp3) is 0.174. The Labute approximate surface area is 196 Å². The highest BCUT2D eigenvalue weighted by Crippen LogP contribution is 2.39. The number of aliphatic hydroxyl groups is 1. The molecule has 1 aliphatic rings. The summed E-state index contributed by atoms with van der Waals surface area (Å²) in [6, 6.07) is 15.8. The van der Waals surface area contributed by atoms with Crippen LogP contribution in [0.4, 0.5) is 17.1 Å². The number of ether oxygens (including phenoxy) is 1. The second-order valence-corrected chi connectivity index (χ2v) is 9.87. The highest BCUT2D eigenvalue weighted by Gasteiger charge is 2.34. The smallest absolute Gasteiger partial charge is 0.264 e. The van der Waals surface area contributed by atoms with Crippen LogP contribution < -0.4 is 20.1 Å². The average Bonchev–Trinajstić information content (AvgIpc) is 2.78. The van der Waals surface area contributed by atoms with Gasteiger partial charge in [-0.15, -0.1) is 0 Å². The summed E-state index contributed by atoms with van der Waals surface area (Å²) in [6.07, 6.45) is -0.750. The van der Waals surface area contributed by atoms with Crippen LogP contribution in [0, 0.1) is 6.92 Å². The molecule has 0 saturated heterocycles. The van der Waals surface area contributed by atoms with Crippen LogP contribution in [0.5, 0.6) is 5.75 Å². The fourth-order valence-electron chi connectivity index (χ4n) is 3.63. The van der Waals surface area contributed by atoms with Gasteiger partial charge in [0.15, 0.2) is 0 Å². The summed E-state index contributed by atoms with van der Waals surface area (Å²) in [5.74, 6) is -0.159. The molecule has 1 amide bonds. The van der Waals surface area contributed by atoms with E-state index >= 15 is 0 Å². The molecule has 1 aliphatic heterocycles. The Balaban J connectivity index is 1.73. The van der Waals surface area contributed by atoms with E-state index in [-0.39, 0.29) is 29.5 Å². The molecular weight excluding hydrogens is 466 g/mol. The maximum Gasteiger partial charge on any atom is 0.264 e. The number of nitrogens with one attached hydrogen (secondary N) is 1. The highest BCUT2D eigenvalue weighted by molar-refractivity contribution is 7.92. The number of aryl methyl sites for hydroxylation is 1. The third-order valence-corrected chi connectivity index (χ3v) is 7.34. The van der Waals surface area contributed by atoms with Crippen LogP contribution in [0.3, 0.4) is 0 Å². The molecule has 3 aromatic carbocycles. The van der Waals surface area contributed by atoms with Crippen LogP contribution in [-0.4, -0.2) is 38.7 Å². The molecule has 0 aromatic heterocycles. The fourth-order valence-corrected chi connectivity index (χ4v) is 5.49. The van der Waals surface area contributed by atoms with E-state index in [9.17, 15) is 18.3 Å². The van der Waals surface area contributed by atoms with Crippen molar-refractivity contribution in [3.8, 4) is 5.75 Å². The first-order chi connectivity index (χ1) is 15.7. The van der Waals surface area contributed by atoms with Gasteiger partial charge in [-0.2, -0.15) is 0 Å². The van der Waals surface area contributed by atoms with Gasteiger partial charge in [-0.05, 0) is 55.0 Å². The first kappa shape index (κ1) is 22.9. The molecule has 1 heterocycles. The molecule has 0 aliphatic carbocycles. The molecule has 3 aromatic rings. The van der Waals surface area contributed by atoms with Gasteiger partial charge in [0.05, 0.1) is 34.3 Å². The standard InChI is InChI=1S/C23H22ClN3O5S/c1-14-4-2-7-19(24)22(14)23(29)26-16-8-9-21-20(11-16)27(12-17(13-28)32-21)33(30,31)18-6-3-5-15(25)10-18/h2-11,17,28H,12-13,25H2,1H3,(H,26,29)/t17-/m1/s1. The summed E-state index contributed by atoms with van der Waals surface area (Å²) in [5.41, 5.74) is 7.72. The van der Waals surface area contributed by atoms with Crippen molar-refractivity contribution >= 4 is 44.6 Å². The monoisotopic (exact) mass is 487 g/mol. The lowest BCUT2D eigenvalue weighted by molar-refractivity contribution is 0.102. The van der Waals surface area contributed by atoms with Gasteiger partial charge in [-0.1, -0.05) is 29.8 Å². The van der Waals surface area contributed by atoms with Crippen LogP contribution in [0.1, 0.15) is 15.9 Å². The topological polar surface area (TPSA) is 122 Å². The van der Waals surface area contributed by atoms with Crippen LogP contribution in [0.2, 0.25) is 5.02 Å². The highest BCUT2D eigenvalue weighted by atomic mass is 35.5. The van der Waals surface area contributed by atoms with E-state index in [1.807, 2.05) is 0 Å². The summed E-state index contributed by atoms with van der Waals surface area (Å²) >= 11 is 6.20. The number of fused-ring (bicyclic) bond motifs is 1. The van der Waals surface area contributed by atoms with E-state index in [2.05, 4.69) is 5.32 Å². The van der Waals surface area contributed by atoms with Gasteiger partial charge in [-0.3, -0.25) is 9.10 Å². The van der Waals surface area contributed by atoms with Crippen LogP contribution >= 0.6 is 11.6 Å². The molecule has 4 N–H and O–H groups in total. The Morgan fingerprint density at radius 2 is 1.97 bits per heavy atom. The number of sulfonamides is 1. The number of nitrogens with zero attached hydrogens (tertiary/aromatic N) is 1. The molecule has 1 atom stereocenters. The predicted octanol–water partition coefficient (Wildman–Crippen LogP) is 3.43. The van der Waals surface area contributed by atoms with Gasteiger partial charge in [0.2, 0.25) is 0 Å². The lowest BCUT2D eigenvalue weighted by Gasteiger charge is -2.35. The number of carbonyl (C=O) groups is 1. The SMILES string of the molecule is Cc1cccc(Cl)c1C(=O)Nc1ccc2c(c1)N(S(=O)(=O)c1cccc(N)c1)C[C@H](CO)O2. The maximum absolute atomic E-state index is 13.4. The van der Waals surface area contributed by atoms with Gasteiger partial charge in [0.25, 0.3) is 15.9 Å². The van der Waals surface area contributed by atoms with Crippen molar-refractivity contribution in [2.45, 2.75) is 17.9 Å². The summed E-state index contributed by atoms with van der Waals surface area (Å²) in [7, 11) is -4.02. The van der Waals surface area contributed by atoms with Crippen molar-refractivity contribution in [3.63, 3.8) is 0 Å². The van der Waals surface area contributed by atoms with E-state index < -0.39 is 22.0 Å².